The lowest BCUT2D eigenvalue weighted by Crippen LogP contribution is -2.27. The average molecular weight is 351 g/mol. The number of nitrogens with one attached hydrogen (secondary N) is 1. The van der Waals surface area contributed by atoms with Gasteiger partial charge in [0.1, 0.15) is 5.75 Å². The molecule has 8 heteroatoms. The fourth-order valence-corrected chi connectivity index (χ4v) is 2.13. The van der Waals surface area contributed by atoms with E-state index in [0.717, 1.165) is 45.0 Å². The van der Waals surface area contributed by atoms with Gasteiger partial charge in [0.25, 0.3) is 0 Å². The largest absolute Gasteiger partial charge is 0.492 e. The maximum atomic E-state index is 9.55. The van der Waals surface area contributed by atoms with Crippen molar-refractivity contribution >= 4 is 17.6 Å². The number of ether oxygens (including phenoxy) is 1. The van der Waals surface area contributed by atoms with Crippen LogP contribution in [-0.2, 0) is 9.59 Å². The van der Waals surface area contributed by atoms with Crippen LogP contribution in [0.3, 0.4) is 0 Å². The highest BCUT2D eigenvalue weighted by Crippen LogP contribution is 2.20. The van der Waals surface area contributed by atoms with Crippen LogP contribution in [0.1, 0.15) is 19.8 Å². The van der Waals surface area contributed by atoms with Crippen LogP contribution >= 0.6 is 0 Å². The Balaban J connectivity index is 0.000000333. The molecule has 1 aromatic heterocycles. The molecule has 0 radical (unpaired) electrons. The fourth-order valence-electron chi connectivity index (χ4n) is 2.13. The average Bonchev–Trinajstić information content (AvgIpc) is 2.88. The molecule has 8 nitrogen and oxygen atoms in total. The molecule has 1 aromatic rings. The molecule has 1 fully saturated rings. The number of carbonyl (C=O) groups is 2. The van der Waals surface area contributed by atoms with Gasteiger partial charge in [-0.3, -0.25) is 4.98 Å². The summed E-state index contributed by atoms with van der Waals surface area (Å²) in [6.45, 7) is 7.14. The third-order valence-electron chi connectivity index (χ3n) is 3.25. The van der Waals surface area contributed by atoms with E-state index in [1.807, 2.05) is 6.20 Å². The van der Waals surface area contributed by atoms with Gasteiger partial charge in [0.2, 0.25) is 0 Å². The third-order valence-corrected chi connectivity index (χ3v) is 3.25. The lowest BCUT2D eigenvalue weighted by Gasteiger charge is -2.22. The Hall–Kier alpha value is -2.61. The Bertz CT molecular complexity index is 553. The number of anilines is 1. The smallest absolute Gasteiger partial charge is 0.328 e. The second-order valence-corrected chi connectivity index (χ2v) is 5.33. The summed E-state index contributed by atoms with van der Waals surface area (Å²) >= 11 is 0. The lowest BCUT2D eigenvalue weighted by atomic mass is 10.3. The molecule has 0 unspecified atom stereocenters. The number of aliphatic carboxylic acids is 2. The van der Waals surface area contributed by atoms with Gasteiger partial charge in [-0.15, -0.1) is 0 Å². The Kier molecular flexibility index (Phi) is 9.69. The molecular formula is C17H25N3O5. The van der Waals surface area contributed by atoms with Crippen molar-refractivity contribution < 1.29 is 24.5 Å². The van der Waals surface area contributed by atoms with Crippen LogP contribution < -0.4 is 15.0 Å². The molecule has 0 saturated carbocycles. The van der Waals surface area contributed by atoms with E-state index in [1.54, 1.807) is 6.20 Å². The van der Waals surface area contributed by atoms with Crippen LogP contribution in [0.4, 0.5) is 5.69 Å². The van der Waals surface area contributed by atoms with Crippen LogP contribution in [0.25, 0.3) is 0 Å². The van der Waals surface area contributed by atoms with Crippen LogP contribution in [0, 0.1) is 0 Å². The number of nitrogens with zero attached hydrogens (tertiary/aromatic N) is 2. The zero-order valence-corrected chi connectivity index (χ0v) is 14.4. The van der Waals surface area contributed by atoms with Crippen molar-refractivity contribution in [2.24, 2.45) is 0 Å². The molecule has 3 N–H and O–H groups in total. The van der Waals surface area contributed by atoms with Crippen molar-refractivity contribution in [1.82, 2.24) is 10.3 Å². The SMILES string of the molecule is CCCOc1cncc(N2CCCNCC2)c1.O=C(O)/C=C/C(=O)O. The van der Waals surface area contributed by atoms with E-state index in [4.69, 9.17) is 14.9 Å². The van der Waals surface area contributed by atoms with Gasteiger partial charge in [-0.2, -0.15) is 0 Å². The summed E-state index contributed by atoms with van der Waals surface area (Å²) in [5, 5.41) is 19.0. The van der Waals surface area contributed by atoms with Crippen molar-refractivity contribution in [2.45, 2.75) is 19.8 Å². The Morgan fingerprint density at radius 3 is 2.60 bits per heavy atom. The van der Waals surface area contributed by atoms with Crippen molar-refractivity contribution in [2.75, 3.05) is 37.7 Å². The molecule has 25 heavy (non-hydrogen) atoms. The number of aromatic nitrogens is 1. The molecule has 1 aliphatic rings. The molecular weight excluding hydrogens is 326 g/mol. The van der Waals surface area contributed by atoms with Gasteiger partial charge >= 0.3 is 11.9 Å². The van der Waals surface area contributed by atoms with E-state index in [1.165, 1.54) is 12.1 Å². The molecule has 138 valence electrons. The first-order chi connectivity index (χ1) is 12.0. The number of carboxylic acid groups (broad SMARTS) is 2. The Morgan fingerprint density at radius 1 is 1.24 bits per heavy atom. The Labute approximate surface area is 147 Å². The van der Waals surface area contributed by atoms with Gasteiger partial charge in [0.15, 0.2) is 0 Å². The summed E-state index contributed by atoms with van der Waals surface area (Å²) in [5.41, 5.74) is 1.17. The number of rotatable bonds is 6. The number of pyridine rings is 1. The van der Waals surface area contributed by atoms with E-state index >= 15 is 0 Å². The number of hydrogen-bond donors (Lipinski definition) is 3. The summed E-state index contributed by atoms with van der Waals surface area (Å²) in [4.78, 5) is 25.7. The highest BCUT2D eigenvalue weighted by Gasteiger charge is 2.10. The predicted molar refractivity (Wildman–Crippen MR) is 94.1 cm³/mol. The molecule has 0 atom stereocenters. The first-order valence-electron chi connectivity index (χ1n) is 8.20. The van der Waals surface area contributed by atoms with Crippen molar-refractivity contribution in [1.29, 1.82) is 0 Å². The quantitative estimate of drug-likeness (QED) is 0.659. The topological polar surface area (TPSA) is 112 Å². The van der Waals surface area contributed by atoms with Gasteiger partial charge < -0.3 is 25.2 Å². The molecule has 2 heterocycles. The van der Waals surface area contributed by atoms with E-state index in [9.17, 15) is 9.59 Å². The molecule has 1 saturated heterocycles. The second kappa shape index (κ2) is 11.9. The molecule has 0 aromatic carbocycles. The summed E-state index contributed by atoms with van der Waals surface area (Å²) in [6, 6.07) is 2.09. The fraction of sp³-hybridized carbons (Fsp3) is 0.471. The predicted octanol–water partition coefficient (Wildman–Crippen LogP) is 1.38. The van der Waals surface area contributed by atoms with Crippen molar-refractivity contribution in [3.05, 3.63) is 30.6 Å². The molecule has 0 amide bonds. The maximum Gasteiger partial charge on any atom is 0.328 e. The van der Waals surface area contributed by atoms with Gasteiger partial charge in [-0.25, -0.2) is 9.59 Å². The van der Waals surface area contributed by atoms with Crippen molar-refractivity contribution in [3.8, 4) is 5.75 Å². The first kappa shape index (κ1) is 20.4. The minimum Gasteiger partial charge on any atom is -0.492 e. The van der Waals surface area contributed by atoms with Gasteiger partial charge in [-0.05, 0) is 19.4 Å². The summed E-state index contributed by atoms with van der Waals surface area (Å²) in [5.74, 6) is -1.64. The monoisotopic (exact) mass is 351 g/mol. The summed E-state index contributed by atoms with van der Waals surface area (Å²) in [6.07, 6.45) is 7.03. The highest BCUT2D eigenvalue weighted by molar-refractivity contribution is 5.89. The van der Waals surface area contributed by atoms with E-state index in [2.05, 4.69) is 28.2 Å². The van der Waals surface area contributed by atoms with Gasteiger partial charge in [-0.1, -0.05) is 6.92 Å². The molecule has 0 aliphatic carbocycles. The standard InChI is InChI=1S/C13H21N3O.C4H4O4/c1-2-8-17-13-9-12(10-15-11-13)16-6-3-4-14-5-7-16;5-3(6)1-2-4(7)8/h9-11,14H,2-8H2,1H3;1-2H,(H,5,6)(H,7,8)/b;2-1+. The van der Waals surface area contributed by atoms with Crippen LogP contribution in [0.15, 0.2) is 30.6 Å². The zero-order valence-electron chi connectivity index (χ0n) is 14.4. The second-order valence-electron chi connectivity index (χ2n) is 5.33. The zero-order chi connectivity index (χ0) is 18.5. The minimum absolute atomic E-state index is 0.558. The van der Waals surface area contributed by atoms with E-state index in [0.29, 0.717) is 12.2 Å². The molecule has 0 spiro atoms. The molecule has 2 rings (SSSR count). The van der Waals surface area contributed by atoms with Crippen LogP contribution in [0.2, 0.25) is 0 Å². The molecule has 0 bridgehead atoms. The van der Waals surface area contributed by atoms with Crippen LogP contribution in [0.5, 0.6) is 5.75 Å². The molecule has 1 aliphatic heterocycles. The van der Waals surface area contributed by atoms with E-state index < -0.39 is 11.9 Å². The minimum atomic E-state index is -1.26. The summed E-state index contributed by atoms with van der Waals surface area (Å²) in [7, 11) is 0. The van der Waals surface area contributed by atoms with Gasteiger partial charge in [0.05, 0.1) is 24.7 Å². The van der Waals surface area contributed by atoms with E-state index in [-0.39, 0.29) is 0 Å². The number of hydrogen-bond acceptors (Lipinski definition) is 6. The highest BCUT2D eigenvalue weighted by atomic mass is 16.5. The third kappa shape index (κ3) is 9.31. The normalized spacial score (nSPS) is 14.4. The van der Waals surface area contributed by atoms with Gasteiger partial charge in [0, 0.05) is 37.9 Å². The number of carboxylic acids is 2. The summed E-state index contributed by atoms with van der Waals surface area (Å²) < 4.78 is 5.61. The Morgan fingerprint density at radius 2 is 1.96 bits per heavy atom. The lowest BCUT2D eigenvalue weighted by molar-refractivity contribution is -0.134. The van der Waals surface area contributed by atoms with Crippen molar-refractivity contribution in [3.63, 3.8) is 0 Å². The first-order valence-corrected chi connectivity index (χ1v) is 8.20. The van der Waals surface area contributed by atoms with Crippen LogP contribution in [-0.4, -0.2) is 59.9 Å². The maximum absolute atomic E-state index is 9.55.